The molecule has 2 N–H and O–H groups in total. The number of nitrogens with zero attached hydrogens (tertiary/aromatic N) is 2. The Kier molecular flexibility index (Phi) is 4.61. The lowest BCUT2D eigenvalue weighted by Gasteiger charge is -2.31. The molecule has 1 aromatic carbocycles. The quantitative estimate of drug-likeness (QED) is 0.814. The third kappa shape index (κ3) is 3.37. The maximum absolute atomic E-state index is 13.2. The Morgan fingerprint density at radius 1 is 1.25 bits per heavy atom. The maximum Gasteiger partial charge on any atom is 0.322 e. The van der Waals surface area contributed by atoms with Gasteiger partial charge < -0.3 is 15.5 Å². The standard InChI is InChI=1S/C21H26N4O3/c1-12-4-7-15(13(2)10-12)19-18-16(24(3)21(28)23-19)11-25(20(18)27)9-8-17(26)22-14-5-6-14/h4,7,10,14,19H,5-6,8-9,11H2,1-3H3,(H,22,26)(H,23,28)/t19-/m1/s1. The van der Waals surface area contributed by atoms with Gasteiger partial charge in [0.2, 0.25) is 5.91 Å². The number of hydrogen-bond acceptors (Lipinski definition) is 3. The van der Waals surface area contributed by atoms with E-state index in [0.29, 0.717) is 24.7 Å². The Bertz CT molecular complexity index is 888. The third-order valence-corrected chi connectivity index (χ3v) is 5.72. The van der Waals surface area contributed by atoms with E-state index in [4.69, 9.17) is 0 Å². The van der Waals surface area contributed by atoms with Crippen molar-refractivity contribution >= 4 is 17.8 Å². The molecule has 1 atom stereocenters. The van der Waals surface area contributed by atoms with E-state index in [9.17, 15) is 14.4 Å². The molecule has 0 unspecified atom stereocenters. The lowest BCUT2D eigenvalue weighted by atomic mass is 9.91. The number of nitrogens with one attached hydrogen (secondary N) is 2. The third-order valence-electron chi connectivity index (χ3n) is 5.72. The van der Waals surface area contributed by atoms with Crippen molar-refractivity contribution in [1.29, 1.82) is 0 Å². The highest BCUT2D eigenvalue weighted by molar-refractivity contribution is 6.01. The summed E-state index contributed by atoms with van der Waals surface area (Å²) in [7, 11) is 1.68. The Hall–Kier alpha value is -2.83. The van der Waals surface area contributed by atoms with Crippen LogP contribution in [-0.2, 0) is 9.59 Å². The lowest BCUT2D eigenvalue weighted by molar-refractivity contribution is -0.127. The number of hydrogen-bond donors (Lipinski definition) is 2. The molecule has 1 aromatic rings. The predicted molar refractivity (Wildman–Crippen MR) is 104 cm³/mol. The number of urea groups is 1. The molecule has 0 bridgehead atoms. The Morgan fingerprint density at radius 3 is 2.68 bits per heavy atom. The van der Waals surface area contributed by atoms with Crippen molar-refractivity contribution in [3.05, 3.63) is 46.2 Å². The summed E-state index contributed by atoms with van der Waals surface area (Å²) in [6.45, 7) is 4.72. The number of likely N-dealkylation sites (N-methyl/N-ethyl adjacent to an activating group) is 1. The summed E-state index contributed by atoms with van der Waals surface area (Å²) in [6, 6.07) is 5.66. The van der Waals surface area contributed by atoms with Gasteiger partial charge in [0.15, 0.2) is 0 Å². The second-order valence-electron chi connectivity index (χ2n) is 7.98. The fourth-order valence-corrected chi connectivity index (χ4v) is 3.95. The fraction of sp³-hybridized carbons (Fsp3) is 0.476. The first-order valence-corrected chi connectivity index (χ1v) is 9.78. The van der Waals surface area contributed by atoms with Crippen LogP contribution in [0.1, 0.15) is 42.0 Å². The normalized spacial score (nSPS) is 21.8. The minimum absolute atomic E-state index is 0.0198. The highest BCUT2D eigenvalue weighted by Crippen LogP contribution is 2.36. The van der Waals surface area contributed by atoms with Gasteiger partial charge in [0.25, 0.3) is 5.91 Å². The van der Waals surface area contributed by atoms with Gasteiger partial charge in [-0.2, -0.15) is 0 Å². The number of amides is 4. The van der Waals surface area contributed by atoms with Gasteiger partial charge in [-0.15, -0.1) is 0 Å². The van der Waals surface area contributed by atoms with Crippen molar-refractivity contribution < 1.29 is 14.4 Å². The summed E-state index contributed by atoms with van der Waals surface area (Å²) in [5.74, 6) is -0.125. The van der Waals surface area contributed by atoms with E-state index in [-0.39, 0.29) is 24.3 Å². The van der Waals surface area contributed by atoms with Crippen molar-refractivity contribution in [3.8, 4) is 0 Å². The van der Waals surface area contributed by atoms with Crippen molar-refractivity contribution in [3.63, 3.8) is 0 Å². The molecule has 2 heterocycles. The SMILES string of the molecule is Cc1ccc([C@H]2NC(=O)N(C)C3=C2C(=O)N(CCC(=O)NC2CC2)C3)c(C)c1. The van der Waals surface area contributed by atoms with Crippen LogP contribution in [-0.4, -0.2) is 53.8 Å². The van der Waals surface area contributed by atoms with Crippen LogP contribution in [0, 0.1) is 13.8 Å². The van der Waals surface area contributed by atoms with Gasteiger partial charge in [-0.25, -0.2) is 4.79 Å². The smallest absolute Gasteiger partial charge is 0.322 e. The summed E-state index contributed by atoms with van der Waals surface area (Å²) in [5.41, 5.74) is 4.44. The molecule has 0 saturated heterocycles. The molecule has 7 heteroatoms. The van der Waals surface area contributed by atoms with Gasteiger partial charge in [-0.1, -0.05) is 23.8 Å². The highest BCUT2D eigenvalue weighted by atomic mass is 16.2. The van der Waals surface area contributed by atoms with E-state index in [1.165, 1.54) is 4.90 Å². The second kappa shape index (κ2) is 6.96. The minimum atomic E-state index is -0.461. The van der Waals surface area contributed by atoms with Crippen LogP contribution in [0.15, 0.2) is 29.5 Å². The summed E-state index contributed by atoms with van der Waals surface area (Å²) in [6.07, 6.45) is 2.36. The van der Waals surface area contributed by atoms with Gasteiger partial charge >= 0.3 is 6.03 Å². The zero-order chi connectivity index (χ0) is 20.0. The predicted octanol–water partition coefficient (Wildman–Crippen LogP) is 1.76. The molecule has 4 amide bonds. The molecule has 148 valence electrons. The number of benzene rings is 1. The Morgan fingerprint density at radius 2 is 2.00 bits per heavy atom. The zero-order valence-corrected chi connectivity index (χ0v) is 16.5. The number of rotatable bonds is 5. The van der Waals surface area contributed by atoms with E-state index in [2.05, 4.69) is 16.7 Å². The average Bonchev–Trinajstić information content (AvgIpc) is 3.39. The van der Waals surface area contributed by atoms with Gasteiger partial charge in [0, 0.05) is 26.1 Å². The molecular formula is C21H26N4O3. The number of aryl methyl sites for hydroxylation is 2. The summed E-state index contributed by atoms with van der Waals surface area (Å²) < 4.78 is 0. The van der Waals surface area contributed by atoms with Gasteiger partial charge in [0.05, 0.1) is 23.9 Å². The first kappa shape index (κ1) is 18.5. The molecule has 2 aliphatic heterocycles. The van der Waals surface area contributed by atoms with Crippen molar-refractivity contribution in [2.45, 2.75) is 45.2 Å². The maximum atomic E-state index is 13.2. The minimum Gasteiger partial charge on any atom is -0.353 e. The van der Waals surface area contributed by atoms with Crippen LogP contribution in [0.3, 0.4) is 0 Å². The van der Waals surface area contributed by atoms with E-state index >= 15 is 0 Å². The van der Waals surface area contributed by atoms with Gasteiger partial charge in [-0.3, -0.25) is 14.5 Å². The van der Waals surface area contributed by atoms with Crippen LogP contribution < -0.4 is 10.6 Å². The fourth-order valence-electron chi connectivity index (χ4n) is 3.95. The molecular weight excluding hydrogens is 356 g/mol. The van der Waals surface area contributed by atoms with Crippen LogP contribution in [0.4, 0.5) is 4.79 Å². The monoisotopic (exact) mass is 382 g/mol. The molecule has 1 fully saturated rings. The Labute approximate surface area is 164 Å². The first-order chi connectivity index (χ1) is 13.3. The highest BCUT2D eigenvalue weighted by Gasteiger charge is 2.43. The second-order valence-corrected chi connectivity index (χ2v) is 7.98. The molecule has 0 radical (unpaired) electrons. The van der Waals surface area contributed by atoms with Crippen molar-refractivity contribution in [2.24, 2.45) is 0 Å². The molecule has 7 nitrogen and oxygen atoms in total. The van der Waals surface area contributed by atoms with Crippen molar-refractivity contribution in [1.82, 2.24) is 20.4 Å². The topological polar surface area (TPSA) is 81.8 Å². The van der Waals surface area contributed by atoms with E-state index in [1.54, 1.807) is 11.9 Å². The summed E-state index contributed by atoms with van der Waals surface area (Å²) in [5, 5.41) is 5.92. The number of carbonyl (C=O) groups is 3. The molecule has 1 saturated carbocycles. The van der Waals surface area contributed by atoms with Crippen LogP contribution >= 0.6 is 0 Å². The molecule has 3 aliphatic rings. The lowest BCUT2D eigenvalue weighted by Crippen LogP contribution is -2.45. The molecule has 4 rings (SSSR count). The Balaban J connectivity index is 1.56. The molecule has 28 heavy (non-hydrogen) atoms. The average molecular weight is 382 g/mol. The van der Waals surface area contributed by atoms with E-state index < -0.39 is 6.04 Å². The van der Waals surface area contributed by atoms with E-state index in [1.807, 2.05) is 26.0 Å². The zero-order valence-electron chi connectivity index (χ0n) is 16.5. The molecule has 0 aromatic heterocycles. The van der Waals surface area contributed by atoms with Crippen LogP contribution in [0.5, 0.6) is 0 Å². The molecule has 0 spiro atoms. The summed E-state index contributed by atoms with van der Waals surface area (Å²) >= 11 is 0. The first-order valence-electron chi connectivity index (χ1n) is 9.78. The largest absolute Gasteiger partial charge is 0.353 e. The van der Waals surface area contributed by atoms with Crippen molar-refractivity contribution in [2.75, 3.05) is 20.1 Å². The van der Waals surface area contributed by atoms with Gasteiger partial charge in [-0.05, 0) is 37.8 Å². The molecule has 1 aliphatic carbocycles. The van der Waals surface area contributed by atoms with Gasteiger partial charge in [0.1, 0.15) is 0 Å². The number of carbonyl (C=O) groups excluding carboxylic acids is 3. The van der Waals surface area contributed by atoms with E-state index in [0.717, 1.165) is 35.2 Å². The van der Waals surface area contributed by atoms with Crippen LogP contribution in [0.25, 0.3) is 0 Å². The van der Waals surface area contributed by atoms with Crippen LogP contribution in [0.2, 0.25) is 0 Å². The summed E-state index contributed by atoms with van der Waals surface area (Å²) in [4.78, 5) is 40.8.